The molecule has 0 bridgehead atoms. The van der Waals surface area contributed by atoms with Crippen molar-refractivity contribution in [1.29, 1.82) is 0 Å². The van der Waals surface area contributed by atoms with Crippen molar-refractivity contribution in [3.05, 3.63) is 83.9 Å². The SMILES string of the molecule is CCNC(=NCc1ccccc1-n1ccnc1)NCc1ccccc1CN1CCOCC1. The molecule has 0 radical (unpaired) electrons. The van der Waals surface area contributed by atoms with Crippen molar-refractivity contribution in [2.75, 3.05) is 32.8 Å². The molecule has 32 heavy (non-hydrogen) atoms. The zero-order valence-electron chi connectivity index (χ0n) is 18.7. The average molecular weight is 433 g/mol. The van der Waals surface area contributed by atoms with Gasteiger partial charge in [-0.1, -0.05) is 42.5 Å². The van der Waals surface area contributed by atoms with E-state index in [-0.39, 0.29) is 0 Å². The molecule has 168 valence electrons. The van der Waals surface area contributed by atoms with E-state index < -0.39 is 0 Å². The predicted octanol–water partition coefficient (Wildman–Crippen LogP) is 2.96. The molecule has 0 amide bonds. The maximum Gasteiger partial charge on any atom is 0.191 e. The highest BCUT2D eigenvalue weighted by molar-refractivity contribution is 5.79. The van der Waals surface area contributed by atoms with Crippen LogP contribution in [-0.2, 0) is 24.4 Å². The van der Waals surface area contributed by atoms with Crippen LogP contribution in [0.15, 0.2) is 72.2 Å². The Balaban J connectivity index is 1.43. The summed E-state index contributed by atoms with van der Waals surface area (Å²) in [5.41, 5.74) is 4.89. The Morgan fingerprint density at radius 3 is 2.50 bits per heavy atom. The summed E-state index contributed by atoms with van der Waals surface area (Å²) in [7, 11) is 0. The van der Waals surface area contributed by atoms with Gasteiger partial charge in [0.05, 0.1) is 31.8 Å². The summed E-state index contributed by atoms with van der Waals surface area (Å²) in [6.45, 7) is 8.77. The molecule has 7 heteroatoms. The number of aromatic nitrogens is 2. The number of hydrogen-bond donors (Lipinski definition) is 2. The molecule has 3 aromatic rings. The van der Waals surface area contributed by atoms with Crippen LogP contribution >= 0.6 is 0 Å². The lowest BCUT2D eigenvalue weighted by Gasteiger charge is -2.27. The maximum atomic E-state index is 5.49. The third-order valence-electron chi connectivity index (χ3n) is 5.59. The number of aliphatic imine (C=N–C) groups is 1. The number of nitrogens with zero attached hydrogens (tertiary/aromatic N) is 4. The summed E-state index contributed by atoms with van der Waals surface area (Å²) in [5, 5.41) is 6.89. The first kappa shape index (κ1) is 22.0. The normalized spacial score (nSPS) is 15.0. The van der Waals surface area contributed by atoms with Crippen LogP contribution in [0.25, 0.3) is 5.69 Å². The zero-order valence-corrected chi connectivity index (χ0v) is 18.7. The largest absolute Gasteiger partial charge is 0.379 e. The number of benzene rings is 2. The van der Waals surface area contributed by atoms with Gasteiger partial charge in [0.15, 0.2) is 5.96 Å². The van der Waals surface area contributed by atoms with Crippen molar-refractivity contribution < 1.29 is 4.74 Å². The second-order valence-electron chi connectivity index (χ2n) is 7.80. The Kier molecular flexibility index (Phi) is 7.89. The smallest absolute Gasteiger partial charge is 0.191 e. The molecule has 2 aromatic carbocycles. The van der Waals surface area contributed by atoms with E-state index >= 15 is 0 Å². The summed E-state index contributed by atoms with van der Waals surface area (Å²) in [6.07, 6.45) is 5.56. The molecule has 0 spiro atoms. The van der Waals surface area contributed by atoms with Gasteiger partial charge in [-0.05, 0) is 29.7 Å². The van der Waals surface area contributed by atoms with Crippen LogP contribution in [0.2, 0.25) is 0 Å². The molecule has 1 fully saturated rings. The van der Waals surface area contributed by atoms with Crippen molar-refractivity contribution in [2.45, 2.75) is 26.6 Å². The Morgan fingerprint density at radius 1 is 1.00 bits per heavy atom. The Labute approximate surface area is 190 Å². The van der Waals surface area contributed by atoms with Crippen molar-refractivity contribution in [3.8, 4) is 5.69 Å². The van der Waals surface area contributed by atoms with Gasteiger partial charge >= 0.3 is 0 Å². The van der Waals surface area contributed by atoms with Crippen molar-refractivity contribution >= 4 is 5.96 Å². The fourth-order valence-electron chi connectivity index (χ4n) is 3.87. The van der Waals surface area contributed by atoms with E-state index in [0.29, 0.717) is 6.54 Å². The van der Waals surface area contributed by atoms with Gasteiger partial charge in [0.1, 0.15) is 0 Å². The summed E-state index contributed by atoms with van der Waals surface area (Å²) in [6, 6.07) is 16.9. The third kappa shape index (κ3) is 5.96. The number of hydrogen-bond acceptors (Lipinski definition) is 4. The minimum atomic E-state index is 0.582. The van der Waals surface area contributed by atoms with Gasteiger partial charge in [-0.2, -0.15) is 0 Å². The van der Waals surface area contributed by atoms with E-state index in [1.54, 1.807) is 6.20 Å². The quantitative estimate of drug-likeness (QED) is 0.423. The fraction of sp³-hybridized carbons (Fsp3) is 0.360. The van der Waals surface area contributed by atoms with Crippen LogP contribution in [0.5, 0.6) is 0 Å². The molecule has 1 aromatic heterocycles. The molecular weight excluding hydrogens is 400 g/mol. The highest BCUT2D eigenvalue weighted by atomic mass is 16.5. The molecule has 7 nitrogen and oxygen atoms in total. The highest BCUT2D eigenvalue weighted by Crippen LogP contribution is 2.16. The number of morpholine rings is 1. The minimum absolute atomic E-state index is 0.582. The molecule has 1 aliphatic rings. The molecule has 0 atom stereocenters. The summed E-state index contributed by atoms with van der Waals surface area (Å²) in [4.78, 5) is 11.5. The number of imidazole rings is 1. The van der Waals surface area contributed by atoms with Crippen molar-refractivity contribution in [1.82, 2.24) is 25.1 Å². The molecular formula is C25H32N6O. The standard InChI is InChI=1S/C25H32N6O/c1-2-27-25(29-18-22-8-5-6-10-24(22)31-12-11-26-20-31)28-17-21-7-3-4-9-23(21)19-30-13-15-32-16-14-30/h3-12,20H,2,13-19H2,1H3,(H2,27,28,29). The molecule has 1 aliphatic heterocycles. The maximum absolute atomic E-state index is 5.49. The fourth-order valence-corrected chi connectivity index (χ4v) is 3.87. The van der Waals surface area contributed by atoms with E-state index in [9.17, 15) is 0 Å². The zero-order chi connectivity index (χ0) is 22.0. The first-order valence-electron chi connectivity index (χ1n) is 11.3. The third-order valence-corrected chi connectivity index (χ3v) is 5.59. The van der Waals surface area contributed by atoms with E-state index in [2.05, 4.69) is 63.8 Å². The van der Waals surface area contributed by atoms with E-state index in [0.717, 1.165) is 63.1 Å². The summed E-state index contributed by atoms with van der Waals surface area (Å²) >= 11 is 0. The number of rotatable bonds is 8. The van der Waals surface area contributed by atoms with Crippen molar-refractivity contribution in [2.24, 2.45) is 4.99 Å². The number of para-hydroxylation sites is 1. The molecule has 1 saturated heterocycles. The Hall–Kier alpha value is -3.16. The topological polar surface area (TPSA) is 66.7 Å². The van der Waals surface area contributed by atoms with Gasteiger partial charge in [0.2, 0.25) is 0 Å². The van der Waals surface area contributed by atoms with Crippen LogP contribution in [0.3, 0.4) is 0 Å². The van der Waals surface area contributed by atoms with Crippen LogP contribution in [0, 0.1) is 0 Å². The molecule has 2 N–H and O–H groups in total. The van der Waals surface area contributed by atoms with Gasteiger partial charge < -0.3 is 19.9 Å². The number of ether oxygens (including phenoxy) is 1. The van der Waals surface area contributed by atoms with Crippen LogP contribution < -0.4 is 10.6 Å². The number of nitrogens with one attached hydrogen (secondary N) is 2. The second-order valence-corrected chi connectivity index (χ2v) is 7.80. The van der Waals surface area contributed by atoms with Gasteiger partial charge in [0.25, 0.3) is 0 Å². The lowest BCUT2D eigenvalue weighted by Crippen LogP contribution is -2.38. The van der Waals surface area contributed by atoms with Gasteiger partial charge in [0, 0.05) is 45.1 Å². The Morgan fingerprint density at radius 2 is 1.75 bits per heavy atom. The highest BCUT2D eigenvalue weighted by Gasteiger charge is 2.13. The first-order chi connectivity index (χ1) is 15.8. The van der Waals surface area contributed by atoms with Gasteiger partial charge in [-0.3, -0.25) is 4.90 Å². The first-order valence-corrected chi connectivity index (χ1v) is 11.3. The number of guanidine groups is 1. The summed E-state index contributed by atoms with van der Waals surface area (Å²) in [5.74, 6) is 0.814. The second kappa shape index (κ2) is 11.5. The van der Waals surface area contributed by atoms with Gasteiger partial charge in [-0.15, -0.1) is 0 Å². The monoisotopic (exact) mass is 432 g/mol. The van der Waals surface area contributed by atoms with E-state index in [1.165, 1.54) is 11.1 Å². The lowest BCUT2D eigenvalue weighted by molar-refractivity contribution is 0.0341. The van der Waals surface area contributed by atoms with Crippen LogP contribution in [0.1, 0.15) is 23.6 Å². The average Bonchev–Trinajstić information content (AvgIpc) is 3.37. The molecule has 0 saturated carbocycles. The lowest BCUT2D eigenvalue weighted by atomic mass is 10.1. The molecule has 2 heterocycles. The van der Waals surface area contributed by atoms with Crippen LogP contribution in [0.4, 0.5) is 0 Å². The van der Waals surface area contributed by atoms with E-state index in [4.69, 9.17) is 9.73 Å². The molecule has 0 aliphatic carbocycles. The van der Waals surface area contributed by atoms with Crippen LogP contribution in [-0.4, -0.2) is 53.3 Å². The molecule has 4 rings (SSSR count). The van der Waals surface area contributed by atoms with Crippen molar-refractivity contribution in [3.63, 3.8) is 0 Å². The predicted molar refractivity (Wildman–Crippen MR) is 128 cm³/mol. The minimum Gasteiger partial charge on any atom is -0.379 e. The Bertz CT molecular complexity index is 995. The van der Waals surface area contributed by atoms with E-state index in [1.807, 2.05) is 29.2 Å². The van der Waals surface area contributed by atoms with Gasteiger partial charge in [-0.25, -0.2) is 9.98 Å². The summed E-state index contributed by atoms with van der Waals surface area (Å²) < 4.78 is 7.51. The molecule has 0 unspecified atom stereocenters.